The van der Waals surface area contributed by atoms with Crippen LogP contribution in [-0.4, -0.2) is 20.4 Å². The molecule has 1 unspecified atom stereocenters. The van der Waals surface area contributed by atoms with E-state index in [-0.39, 0.29) is 4.90 Å². The van der Waals surface area contributed by atoms with Gasteiger partial charge in [0.15, 0.2) is 6.10 Å². The normalized spacial score (nSPS) is 12.2. The Bertz CT molecular complexity index is 1250. The maximum Gasteiger partial charge on any atom is 0.265 e. The Morgan fingerprint density at radius 1 is 0.969 bits per heavy atom. The van der Waals surface area contributed by atoms with Gasteiger partial charge in [0, 0.05) is 10.7 Å². The van der Waals surface area contributed by atoms with Crippen LogP contribution in [0, 0.1) is 13.8 Å². The Balaban J connectivity index is 1.66. The molecule has 0 bridgehead atoms. The van der Waals surface area contributed by atoms with Crippen molar-refractivity contribution in [2.75, 3.05) is 10.0 Å². The Kier molecular flexibility index (Phi) is 7.33. The number of amides is 1. The SMILES string of the molecule is Cc1ccc(NS(=O)(=O)c2ccc(NC(=O)C(C)Oc3ccc(Cl)cc3Cl)cc2)c(C)c1. The zero-order valence-electron chi connectivity index (χ0n) is 17.6. The molecule has 0 fully saturated rings. The average Bonchev–Trinajstić information content (AvgIpc) is 2.72. The van der Waals surface area contributed by atoms with Gasteiger partial charge in [-0.05, 0) is 74.9 Å². The first kappa shape index (κ1) is 23.9. The number of halogens is 2. The van der Waals surface area contributed by atoms with Crippen LogP contribution in [0.1, 0.15) is 18.1 Å². The number of benzene rings is 3. The summed E-state index contributed by atoms with van der Waals surface area (Å²) < 4.78 is 33.6. The number of aryl methyl sites for hydroxylation is 2. The molecule has 0 aromatic heterocycles. The van der Waals surface area contributed by atoms with Gasteiger partial charge in [-0.3, -0.25) is 9.52 Å². The third-order valence-electron chi connectivity index (χ3n) is 4.63. The summed E-state index contributed by atoms with van der Waals surface area (Å²) >= 11 is 11.9. The molecule has 0 spiro atoms. The summed E-state index contributed by atoms with van der Waals surface area (Å²) in [4.78, 5) is 12.5. The molecule has 0 radical (unpaired) electrons. The number of carbonyl (C=O) groups excluding carboxylic acids is 1. The van der Waals surface area contributed by atoms with Crippen LogP contribution in [0.3, 0.4) is 0 Å². The molecule has 0 heterocycles. The van der Waals surface area contributed by atoms with Crippen molar-refractivity contribution in [3.63, 3.8) is 0 Å². The number of anilines is 2. The van der Waals surface area contributed by atoms with Crippen LogP contribution in [0.2, 0.25) is 10.0 Å². The second kappa shape index (κ2) is 9.81. The van der Waals surface area contributed by atoms with Crippen molar-refractivity contribution in [3.05, 3.63) is 81.8 Å². The van der Waals surface area contributed by atoms with Crippen molar-refractivity contribution in [3.8, 4) is 5.75 Å². The highest BCUT2D eigenvalue weighted by Gasteiger charge is 2.18. The van der Waals surface area contributed by atoms with E-state index in [1.54, 1.807) is 25.1 Å². The first-order valence-corrected chi connectivity index (χ1v) is 11.9. The van der Waals surface area contributed by atoms with Crippen LogP contribution < -0.4 is 14.8 Å². The van der Waals surface area contributed by atoms with Gasteiger partial charge in [0.1, 0.15) is 5.75 Å². The van der Waals surface area contributed by atoms with Crippen LogP contribution in [-0.2, 0) is 14.8 Å². The van der Waals surface area contributed by atoms with Crippen molar-refractivity contribution in [1.82, 2.24) is 0 Å². The molecule has 0 aliphatic heterocycles. The van der Waals surface area contributed by atoms with Crippen molar-refractivity contribution < 1.29 is 17.9 Å². The largest absolute Gasteiger partial charge is 0.479 e. The zero-order chi connectivity index (χ0) is 23.5. The summed E-state index contributed by atoms with van der Waals surface area (Å²) in [6, 6.07) is 16.0. The van der Waals surface area contributed by atoms with E-state index in [0.717, 1.165) is 11.1 Å². The summed E-state index contributed by atoms with van der Waals surface area (Å²) in [6.45, 7) is 5.35. The third-order valence-corrected chi connectivity index (χ3v) is 6.54. The Hall–Kier alpha value is -2.74. The lowest BCUT2D eigenvalue weighted by Crippen LogP contribution is -2.30. The fraction of sp³-hybridized carbons (Fsp3) is 0.174. The van der Waals surface area contributed by atoms with Gasteiger partial charge in [-0.2, -0.15) is 0 Å². The lowest BCUT2D eigenvalue weighted by molar-refractivity contribution is -0.122. The van der Waals surface area contributed by atoms with Gasteiger partial charge in [-0.25, -0.2) is 8.42 Å². The summed E-state index contributed by atoms with van der Waals surface area (Å²) in [5, 5.41) is 3.44. The fourth-order valence-corrected chi connectivity index (χ4v) is 4.49. The highest BCUT2D eigenvalue weighted by molar-refractivity contribution is 7.92. The van der Waals surface area contributed by atoms with E-state index in [2.05, 4.69) is 10.0 Å². The quantitative estimate of drug-likeness (QED) is 0.435. The zero-order valence-corrected chi connectivity index (χ0v) is 20.0. The van der Waals surface area contributed by atoms with E-state index >= 15 is 0 Å². The minimum absolute atomic E-state index is 0.0766. The summed E-state index contributed by atoms with van der Waals surface area (Å²) in [6.07, 6.45) is -0.844. The molecule has 3 aromatic rings. The number of carbonyl (C=O) groups is 1. The maximum absolute atomic E-state index is 12.7. The standard InChI is InChI=1S/C23H22Cl2N2O4S/c1-14-4-10-21(15(2)12-14)27-32(29,30)19-8-6-18(7-9-19)26-23(28)16(3)31-22-11-5-17(24)13-20(22)25/h4-13,16,27H,1-3H3,(H,26,28). The molecule has 3 aromatic carbocycles. The predicted molar refractivity (Wildman–Crippen MR) is 128 cm³/mol. The van der Waals surface area contributed by atoms with Gasteiger partial charge >= 0.3 is 0 Å². The van der Waals surface area contributed by atoms with Crippen LogP contribution in [0.5, 0.6) is 5.75 Å². The molecule has 168 valence electrons. The van der Waals surface area contributed by atoms with Gasteiger partial charge in [0.25, 0.3) is 15.9 Å². The van der Waals surface area contributed by atoms with Gasteiger partial charge in [0.2, 0.25) is 0 Å². The molecule has 0 aliphatic carbocycles. The molecule has 6 nitrogen and oxygen atoms in total. The minimum atomic E-state index is -3.77. The molecule has 2 N–H and O–H groups in total. The number of sulfonamides is 1. The second-order valence-electron chi connectivity index (χ2n) is 7.27. The molecule has 32 heavy (non-hydrogen) atoms. The molecular formula is C23H22Cl2N2O4S. The number of nitrogens with one attached hydrogen (secondary N) is 2. The topological polar surface area (TPSA) is 84.5 Å². The van der Waals surface area contributed by atoms with Crippen molar-refractivity contribution in [1.29, 1.82) is 0 Å². The highest BCUT2D eigenvalue weighted by atomic mass is 35.5. The third kappa shape index (κ3) is 5.94. The van der Waals surface area contributed by atoms with E-state index in [4.69, 9.17) is 27.9 Å². The first-order chi connectivity index (χ1) is 15.0. The fourth-order valence-electron chi connectivity index (χ4n) is 2.91. The average molecular weight is 493 g/mol. The second-order valence-corrected chi connectivity index (χ2v) is 9.80. The van der Waals surface area contributed by atoms with Gasteiger partial charge < -0.3 is 10.1 Å². The van der Waals surface area contributed by atoms with E-state index in [1.807, 2.05) is 26.0 Å². The number of hydrogen-bond donors (Lipinski definition) is 2. The summed E-state index contributed by atoms with van der Waals surface area (Å²) in [7, 11) is -3.77. The smallest absolute Gasteiger partial charge is 0.265 e. The predicted octanol–water partition coefficient (Wildman–Crippen LogP) is 5.82. The van der Waals surface area contributed by atoms with Crippen LogP contribution in [0.15, 0.2) is 65.6 Å². The molecular weight excluding hydrogens is 471 g/mol. The summed E-state index contributed by atoms with van der Waals surface area (Å²) in [5.74, 6) is -0.0855. The van der Waals surface area contributed by atoms with E-state index in [0.29, 0.717) is 27.2 Å². The number of ether oxygens (including phenoxy) is 1. The van der Waals surface area contributed by atoms with E-state index in [9.17, 15) is 13.2 Å². The van der Waals surface area contributed by atoms with Crippen molar-refractivity contribution in [2.45, 2.75) is 31.8 Å². The number of rotatable bonds is 7. The highest BCUT2D eigenvalue weighted by Crippen LogP contribution is 2.28. The van der Waals surface area contributed by atoms with E-state index in [1.165, 1.54) is 30.3 Å². The van der Waals surface area contributed by atoms with Crippen LogP contribution in [0.4, 0.5) is 11.4 Å². The Labute approximate surface area is 197 Å². The lowest BCUT2D eigenvalue weighted by atomic mass is 10.1. The van der Waals surface area contributed by atoms with Crippen LogP contribution in [0.25, 0.3) is 0 Å². The van der Waals surface area contributed by atoms with E-state index < -0.39 is 22.0 Å². The molecule has 9 heteroatoms. The first-order valence-electron chi connectivity index (χ1n) is 9.68. The minimum Gasteiger partial charge on any atom is -0.479 e. The summed E-state index contributed by atoms with van der Waals surface area (Å²) in [5.41, 5.74) is 2.81. The Morgan fingerprint density at radius 2 is 1.66 bits per heavy atom. The lowest BCUT2D eigenvalue weighted by Gasteiger charge is -2.16. The van der Waals surface area contributed by atoms with Crippen LogP contribution >= 0.6 is 23.2 Å². The van der Waals surface area contributed by atoms with Gasteiger partial charge in [-0.15, -0.1) is 0 Å². The Morgan fingerprint density at radius 3 is 2.28 bits per heavy atom. The van der Waals surface area contributed by atoms with Gasteiger partial charge in [-0.1, -0.05) is 40.9 Å². The maximum atomic E-state index is 12.7. The molecule has 0 saturated heterocycles. The number of hydrogen-bond acceptors (Lipinski definition) is 4. The van der Waals surface area contributed by atoms with Gasteiger partial charge in [0.05, 0.1) is 15.6 Å². The molecule has 1 atom stereocenters. The monoisotopic (exact) mass is 492 g/mol. The molecule has 1 amide bonds. The molecule has 0 aliphatic rings. The molecule has 0 saturated carbocycles. The molecule has 3 rings (SSSR count). The van der Waals surface area contributed by atoms with Crippen molar-refractivity contribution in [2.24, 2.45) is 0 Å². The van der Waals surface area contributed by atoms with Crippen molar-refractivity contribution >= 4 is 50.5 Å².